The van der Waals surface area contributed by atoms with Gasteiger partial charge in [0.05, 0.1) is 0 Å². The third-order valence-corrected chi connectivity index (χ3v) is 5.30. The minimum Gasteiger partial charge on any atom is -0.378 e. The number of piperidine rings is 1. The molecule has 0 aliphatic carbocycles. The third-order valence-electron chi connectivity index (χ3n) is 4.44. The van der Waals surface area contributed by atoms with Crippen LogP contribution in [0.5, 0.6) is 0 Å². The first kappa shape index (κ1) is 19.6. The molecule has 0 radical (unpaired) electrons. The molecule has 1 aliphatic heterocycles. The van der Waals surface area contributed by atoms with E-state index < -0.39 is 5.60 Å². The van der Waals surface area contributed by atoms with Gasteiger partial charge in [0, 0.05) is 35.1 Å². The molecule has 142 valence electrons. The fraction of sp³-hybridized carbons (Fsp3) is 0.409. The number of carbonyl (C=O) groups excluding carboxylic acids is 1. The monoisotopic (exact) mass is 382 g/mol. The van der Waals surface area contributed by atoms with Crippen LogP contribution in [0.4, 0.5) is 0 Å². The number of nitrogens with one attached hydrogen (secondary N) is 1. The number of nitrogens with zero attached hydrogens (tertiary/aromatic N) is 1. The average molecular weight is 383 g/mol. The lowest BCUT2D eigenvalue weighted by atomic mass is 10.0. The van der Waals surface area contributed by atoms with Crippen LogP contribution in [0.25, 0.3) is 0 Å². The molecule has 2 aromatic rings. The Morgan fingerprint density at radius 1 is 1.37 bits per heavy atom. The summed E-state index contributed by atoms with van der Waals surface area (Å²) in [6.07, 6.45) is 2.10. The van der Waals surface area contributed by atoms with Crippen molar-refractivity contribution in [3.8, 4) is 11.8 Å². The maximum atomic E-state index is 12.7. The van der Waals surface area contributed by atoms with Crippen molar-refractivity contribution in [3.05, 3.63) is 57.8 Å². The molecular formula is C22H26N2O2S. The average Bonchev–Trinajstić information content (AvgIpc) is 3.13. The first-order valence-corrected chi connectivity index (χ1v) is 10.2. The highest BCUT2D eigenvalue weighted by Gasteiger charge is 2.22. The molecule has 1 atom stereocenters. The fourth-order valence-corrected chi connectivity index (χ4v) is 3.92. The molecule has 0 unspecified atom stereocenters. The van der Waals surface area contributed by atoms with Gasteiger partial charge in [0.2, 0.25) is 0 Å². The van der Waals surface area contributed by atoms with Crippen molar-refractivity contribution in [2.75, 3.05) is 13.1 Å². The maximum Gasteiger partial charge on any atom is 0.251 e. The standard InChI is InChI=1S/C22H26N2O2S/c1-22(2,26)11-10-17-6-3-7-18(14-17)21(25)23-19-8-4-12-24(15-19)16-20-9-5-13-27-20/h3,5-7,9,13-14,19,26H,4,8,12,15-16H2,1-2H3,(H,23,25)/t19-/m0/s1. The number of aliphatic hydroxyl groups is 1. The summed E-state index contributed by atoms with van der Waals surface area (Å²) in [4.78, 5) is 16.4. The SMILES string of the molecule is CC(C)(O)C#Cc1cccc(C(=O)N[C@H]2CCCN(Cc3cccs3)C2)c1. The van der Waals surface area contributed by atoms with E-state index in [1.807, 2.05) is 12.1 Å². The Labute approximate surface area is 165 Å². The molecule has 1 fully saturated rings. The van der Waals surface area contributed by atoms with Gasteiger partial charge in [0.25, 0.3) is 5.91 Å². The second kappa shape index (κ2) is 8.71. The van der Waals surface area contributed by atoms with Gasteiger partial charge in [-0.05, 0) is 62.9 Å². The first-order valence-electron chi connectivity index (χ1n) is 9.30. The molecule has 1 aromatic carbocycles. The molecule has 0 bridgehead atoms. The Morgan fingerprint density at radius 3 is 2.96 bits per heavy atom. The van der Waals surface area contributed by atoms with Crippen LogP contribution in [0.3, 0.4) is 0 Å². The van der Waals surface area contributed by atoms with Crippen molar-refractivity contribution in [1.29, 1.82) is 0 Å². The lowest BCUT2D eigenvalue weighted by Gasteiger charge is -2.32. The van der Waals surface area contributed by atoms with Gasteiger partial charge in [0.1, 0.15) is 5.60 Å². The quantitative estimate of drug-likeness (QED) is 0.798. The van der Waals surface area contributed by atoms with Crippen LogP contribution in [0, 0.1) is 11.8 Å². The molecule has 1 amide bonds. The van der Waals surface area contributed by atoms with Crippen molar-refractivity contribution < 1.29 is 9.90 Å². The highest BCUT2D eigenvalue weighted by atomic mass is 32.1. The predicted octanol–water partition coefficient (Wildman–Crippen LogP) is 3.26. The van der Waals surface area contributed by atoms with Gasteiger partial charge in [-0.3, -0.25) is 9.69 Å². The van der Waals surface area contributed by atoms with Crippen LogP contribution in [0.2, 0.25) is 0 Å². The van der Waals surface area contributed by atoms with E-state index in [9.17, 15) is 9.90 Å². The largest absolute Gasteiger partial charge is 0.378 e. The molecule has 1 saturated heterocycles. The van der Waals surface area contributed by atoms with Crippen molar-refractivity contribution >= 4 is 17.2 Å². The topological polar surface area (TPSA) is 52.6 Å². The number of amides is 1. The summed E-state index contributed by atoms with van der Waals surface area (Å²) in [7, 11) is 0. The van der Waals surface area contributed by atoms with Gasteiger partial charge in [0.15, 0.2) is 0 Å². The highest BCUT2D eigenvalue weighted by Crippen LogP contribution is 2.17. The van der Waals surface area contributed by atoms with E-state index in [-0.39, 0.29) is 11.9 Å². The summed E-state index contributed by atoms with van der Waals surface area (Å²) < 4.78 is 0. The second-order valence-corrected chi connectivity index (χ2v) is 8.55. The predicted molar refractivity (Wildman–Crippen MR) is 110 cm³/mol. The molecule has 0 saturated carbocycles. The van der Waals surface area contributed by atoms with Gasteiger partial charge in [-0.15, -0.1) is 11.3 Å². The molecule has 5 heteroatoms. The molecule has 4 nitrogen and oxygen atoms in total. The molecule has 3 rings (SSSR count). The van der Waals surface area contributed by atoms with E-state index in [2.05, 4.69) is 39.6 Å². The number of likely N-dealkylation sites (tertiary alicyclic amines) is 1. The minimum atomic E-state index is -1.05. The lowest BCUT2D eigenvalue weighted by molar-refractivity contribution is 0.0901. The van der Waals surface area contributed by atoms with Gasteiger partial charge >= 0.3 is 0 Å². The van der Waals surface area contributed by atoms with E-state index in [0.29, 0.717) is 5.56 Å². The number of thiophene rings is 1. The van der Waals surface area contributed by atoms with Gasteiger partial charge < -0.3 is 10.4 Å². The summed E-state index contributed by atoms with van der Waals surface area (Å²) >= 11 is 1.78. The number of rotatable bonds is 4. The number of hydrogen-bond donors (Lipinski definition) is 2. The number of benzene rings is 1. The molecule has 1 aliphatic rings. The Balaban J connectivity index is 1.60. The van der Waals surface area contributed by atoms with E-state index in [0.717, 1.165) is 38.0 Å². The zero-order valence-corrected chi connectivity index (χ0v) is 16.7. The van der Waals surface area contributed by atoms with Crippen molar-refractivity contribution in [1.82, 2.24) is 10.2 Å². The zero-order valence-electron chi connectivity index (χ0n) is 15.9. The fourth-order valence-electron chi connectivity index (χ4n) is 3.17. The maximum absolute atomic E-state index is 12.7. The summed E-state index contributed by atoms with van der Waals surface area (Å²) in [6, 6.07) is 11.7. The molecule has 0 spiro atoms. The summed E-state index contributed by atoms with van der Waals surface area (Å²) in [5, 5.41) is 15.0. The van der Waals surface area contributed by atoms with Crippen molar-refractivity contribution in [3.63, 3.8) is 0 Å². The summed E-state index contributed by atoms with van der Waals surface area (Å²) in [6.45, 7) is 6.18. The van der Waals surface area contributed by atoms with Crippen LogP contribution in [0.15, 0.2) is 41.8 Å². The van der Waals surface area contributed by atoms with Crippen LogP contribution < -0.4 is 5.32 Å². The molecule has 27 heavy (non-hydrogen) atoms. The van der Waals surface area contributed by atoms with Crippen LogP contribution in [-0.4, -0.2) is 40.6 Å². The second-order valence-electron chi connectivity index (χ2n) is 7.52. The Bertz CT molecular complexity index is 828. The summed E-state index contributed by atoms with van der Waals surface area (Å²) in [5.74, 6) is 5.64. The first-order chi connectivity index (χ1) is 12.9. The van der Waals surface area contributed by atoms with Crippen LogP contribution >= 0.6 is 11.3 Å². The Kier molecular flexibility index (Phi) is 6.33. The van der Waals surface area contributed by atoms with E-state index in [1.165, 1.54) is 4.88 Å². The lowest BCUT2D eigenvalue weighted by Crippen LogP contribution is -2.47. The van der Waals surface area contributed by atoms with Crippen LogP contribution in [-0.2, 0) is 6.54 Å². The van der Waals surface area contributed by atoms with E-state index in [4.69, 9.17) is 0 Å². The van der Waals surface area contributed by atoms with Gasteiger partial charge in [-0.2, -0.15) is 0 Å². The Hall–Kier alpha value is -2.13. The normalized spacial score (nSPS) is 17.8. The van der Waals surface area contributed by atoms with Crippen molar-refractivity contribution in [2.24, 2.45) is 0 Å². The van der Waals surface area contributed by atoms with Gasteiger partial charge in [-0.1, -0.05) is 24.0 Å². The number of carbonyl (C=O) groups is 1. The summed E-state index contributed by atoms with van der Waals surface area (Å²) in [5.41, 5.74) is 0.285. The minimum absolute atomic E-state index is 0.0649. The Morgan fingerprint density at radius 2 is 2.22 bits per heavy atom. The molecule has 2 heterocycles. The van der Waals surface area contributed by atoms with Crippen LogP contribution in [0.1, 0.15) is 47.5 Å². The zero-order chi connectivity index (χ0) is 19.3. The van der Waals surface area contributed by atoms with E-state index >= 15 is 0 Å². The molecule has 1 aromatic heterocycles. The third kappa shape index (κ3) is 6.21. The number of hydrogen-bond acceptors (Lipinski definition) is 4. The van der Waals surface area contributed by atoms with Crippen molar-refractivity contribution in [2.45, 2.75) is 44.9 Å². The highest BCUT2D eigenvalue weighted by molar-refractivity contribution is 7.09. The molecular weight excluding hydrogens is 356 g/mol. The van der Waals surface area contributed by atoms with E-state index in [1.54, 1.807) is 37.3 Å². The van der Waals surface area contributed by atoms with Gasteiger partial charge in [-0.25, -0.2) is 0 Å². The molecule has 2 N–H and O–H groups in total. The smallest absolute Gasteiger partial charge is 0.251 e.